The Labute approximate surface area is 108 Å². The first kappa shape index (κ1) is 10.4. The topological polar surface area (TPSA) is 36.9 Å². The molecule has 0 atom stereocenters. The third-order valence-corrected chi connectivity index (χ3v) is 6.47. The Morgan fingerprint density at radius 2 is 1.33 bits per heavy atom. The van der Waals surface area contributed by atoms with Crippen molar-refractivity contribution in [2.75, 3.05) is 0 Å². The number of rotatable bonds is 0. The maximum atomic E-state index is 6.60. The van der Waals surface area contributed by atoms with Crippen molar-refractivity contribution >= 4 is 23.2 Å². The van der Waals surface area contributed by atoms with Gasteiger partial charge in [-0.25, -0.2) is 0 Å². The van der Waals surface area contributed by atoms with Gasteiger partial charge in [-0.05, 0) is 0 Å². The molecule has 4 nitrogen and oxygen atoms in total. The zero-order valence-corrected chi connectivity index (χ0v) is 10.7. The average molecular weight is 283 g/mol. The van der Waals surface area contributed by atoms with Crippen LogP contribution in [0.4, 0.5) is 0 Å². The quantitative estimate of drug-likeness (QED) is 0.547. The van der Waals surface area contributed by atoms with Crippen molar-refractivity contribution in [2.24, 2.45) is 0 Å². The molecule has 2 aliphatic heterocycles. The fourth-order valence-electron chi connectivity index (χ4n) is 2.05. The van der Waals surface area contributed by atoms with Crippen molar-refractivity contribution in [2.45, 2.75) is 0 Å². The molecule has 4 rings (SSSR count). The predicted octanol–water partition coefficient (Wildman–Crippen LogP) is 3.56. The van der Waals surface area contributed by atoms with Crippen molar-refractivity contribution in [3.63, 3.8) is 0 Å². The van der Waals surface area contributed by atoms with E-state index in [0.29, 0.717) is 22.6 Å². The Hall–Kier alpha value is -1.48. The summed E-state index contributed by atoms with van der Waals surface area (Å²) >= 11 is 6.60. The van der Waals surface area contributed by atoms with Crippen LogP contribution in [0.15, 0.2) is 48.5 Å². The van der Waals surface area contributed by atoms with E-state index in [0.717, 1.165) is 0 Å². The summed E-state index contributed by atoms with van der Waals surface area (Å²) in [5.74, 6) is 1.65. The summed E-state index contributed by atoms with van der Waals surface area (Å²) in [4.78, 5) is 5.15. The van der Waals surface area contributed by atoms with Crippen LogP contribution >= 0.6 is 17.9 Å². The van der Waals surface area contributed by atoms with Crippen LogP contribution in [0.5, 0.6) is 17.2 Å². The fourth-order valence-corrected chi connectivity index (χ4v) is 5.34. The van der Waals surface area contributed by atoms with E-state index in [-0.39, 0.29) is 0 Å². The standard InChI is InChI=1S/C12H8ClO4P/c13-18(12-8-4-3-7-11(12)14-17-18)15-9-5-1-2-6-10(9)16-18/h1-8H. The van der Waals surface area contributed by atoms with Gasteiger partial charge >= 0.3 is 108 Å². The van der Waals surface area contributed by atoms with Crippen LogP contribution in [-0.4, -0.2) is 0 Å². The molecule has 2 heterocycles. The van der Waals surface area contributed by atoms with Crippen LogP contribution in [0.2, 0.25) is 0 Å². The van der Waals surface area contributed by atoms with E-state index in [1.807, 2.05) is 24.3 Å². The van der Waals surface area contributed by atoms with E-state index < -0.39 is 6.64 Å². The molecule has 0 bridgehead atoms. The molecule has 0 fully saturated rings. The first-order valence-electron chi connectivity index (χ1n) is 5.37. The number of halogens is 1. The molecule has 6 heteroatoms. The molecule has 0 aromatic heterocycles. The van der Waals surface area contributed by atoms with Crippen LogP contribution < -0.4 is 19.2 Å². The molecule has 0 N–H and O–H groups in total. The summed E-state index contributed by atoms with van der Waals surface area (Å²) < 4.78 is 16.9. The van der Waals surface area contributed by atoms with E-state index in [1.54, 1.807) is 24.3 Å². The summed E-state index contributed by atoms with van der Waals surface area (Å²) in [6.07, 6.45) is 0. The van der Waals surface area contributed by atoms with Gasteiger partial charge in [-0.2, -0.15) is 0 Å². The van der Waals surface area contributed by atoms with Gasteiger partial charge in [0.05, 0.1) is 0 Å². The minimum absolute atomic E-state index is 0.526. The van der Waals surface area contributed by atoms with Crippen molar-refractivity contribution in [1.82, 2.24) is 0 Å². The fraction of sp³-hybridized carbons (Fsp3) is 0. The zero-order chi connectivity index (χ0) is 12.2. The Morgan fingerprint density at radius 1 is 0.778 bits per heavy atom. The van der Waals surface area contributed by atoms with E-state index >= 15 is 0 Å². The van der Waals surface area contributed by atoms with Crippen LogP contribution in [0.3, 0.4) is 0 Å². The monoisotopic (exact) mass is 282 g/mol. The third-order valence-electron chi connectivity index (χ3n) is 2.86. The van der Waals surface area contributed by atoms with Crippen molar-refractivity contribution in [3.8, 4) is 17.2 Å². The molecule has 2 aliphatic rings. The van der Waals surface area contributed by atoms with Gasteiger partial charge in [0.25, 0.3) is 0 Å². The van der Waals surface area contributed by atoms with Crippen LogP contribution in [-0.2, 0) is 4.67 Å². The summed E-state index contributed by atoms with van der Waals surface area (Å²) in [7, 11) is 0. The van der Waals surface area contributed by atoms with Crippen LogP contribution in [0, 0.1) is 0 Å². The van der Waals surface area contributed by atoms with Crippen LogP contribution in [0.25, 0.3) is 0 Å². The molecule has 0 saturated carbocycles. The molecule has 0 saturated heterocycles. The normalized spacial score (nSPS) is 22.8. The molecule has 0 aliphatic carbocycles. The first-order chi connectivity index (χ1) is 8.68. The Morgan fingerprint density at radius 3 is 2.00 bits per heavy atom. The first-order valence-corrected chi connectivity index (χ1v) is 8.27. The zero-order valence-electron chi connectivity index (χ0n) is 9.08. The van der Waals surface area contributed by atoms with Gasteiger partial charge in [0, 0.05) is 0 Å². The van der Waals surface area contributed by atoms with Gasteiger partial charge in [-0.1, -0.05) is 0 Å². The Balaban J connectivity index is 1.93. The molecule has 2 aromatic carbocycles. The number of para-hydroxylation sites is 3. The van der Waals surface area contributed by atoms with Crippen molar-refractivity contribution < 1.29 is 18.6 Å². The summed E-state index contributed by atoms with van der Waals surface area (Å²) in [6.45, 7) is -3.93. The second-order valence-corrected chi connectivity index (χ2v) is 8.37. The molecule has 92 valence electrons. The van der Waals surface area contributed by atoms with Crippen molar-refractivity contribution in [3.05, 3.63) is 48.5 Å². The number of hydrogen-bond acceptors (Lipinski definition) is 4. The molecule has 0 unspecified atom stereocenters. The SMILES string of the molecule is ClP12(OOc3ccccc31)Oc1ccccc1O2. The van der Waals surface area contributed by atoms with Gasteiger partial charge in [0.1, 0.15) is 0 Å². The Kier molecular flexibility index (Phi) is 1.80. The van der Waals surface area contributed by atoms with Gasteiger partial charge in [-0.3, -0.25) is 0 Å². The van der Waals surface area contributed by atoms with E-state index in [1.165, 1.54) is 0 Å². The van der Waals surface area contributed by atoms with Crippen LogP contribution in [0.1, 0.15) is 0 Å². The number of benzene rings is 2. The third kappa shape index (κ3) is 1.18. The molecule has 18 heavy (non-hydrogen) atoms. The molecule has 1 spiro atoms. The maximum absolute atomic E-state index is 6.60. The Bertz CT molecular complexity index is 635. The molecule has 2 aromatic rings. The molecular weight excluding hydrogens is 275 g/mol. The van der Waals surface area contributed by atoms with Gasteiger partial charge in [-0.15, -0.1) is 0 Å². The number of hydrogen-bond donors (Lipinski definition) is 0. The van der Waals surface area contributed by atoms with Crippen molar-refractivity contribution in [1.29, 1.82) is 0 Å². The summed E-state index contributed by atoms with van der Waals surface area (Å²) in [5, 5.41) is 0.612. The van der Waals surface area contributed by atoms with Gasteiger partial charge < -0.3 is 0 Å². The average Bonchev–Trinajstić information content (AvgIpc) is 2.86. The molecule has 0 amide bonds. The van der Waals surface area contributed by atoms with Gasteiger partial charge in [0.2, 0.25) is 0 Å². The second-order valence-electron chi connectivity index (χ2n) is 4.04. The minimum atomic E-state index is -3.93. The molecular formula is C12H8ClO4P. The summed E-state index contributed by atoms with van der Waals surface area (Å²) in [5.41, 5.74) is 0. The van der Waals surface area contributed by atoms with E-state index in [9.17, 15) is 0 Å². The van der Waals surface area contributed by atoms with Gasteiger partial charge in [0.15, 0.2) is 0 Å². The second kappa shape index (κ2) is 3.09. The number of fused-ring (bicyclic) bond motifs is 3. The predicted molar refractivity (Wildman–Crippen MR) is 68.3 cm³/mol. The molecule has 0 radical (unpaired) electrons. The van der Waals surface area contributed by atoms with E-state index in [2.05, 4.69) is 0 Å². The van der Waals surface area contributed by atoms with E-state index in [4.69, 9.17) is 29.9 Å². The summed E-state index contributed by atoms with van der Waals surface area (Å²) in [6, 6.07) is 14.5.